The molecule has 0 atom stereocenters. The van der Waals surface area contributed by atoms with Crippen LogP contribution in [0.2, 0.25) is 5.02 Å². The van der Waals surface area contributed by atoms with Crippen LogP contribution in [0.4, 0.5) is 5.69 Å². The molecule has 2 amide bonds. The highest BCUT2D eigenvalue weighted by Crippen LogP contribution is 2.21. The van der Waals surface area contributed by atoms with Gasteiger partial charge in [-0.3, -0.25) is 9.59 Å². The number of hydrogen-bond donors (Lipinski definition) is 2. The van der Waals surface area contributed by atoms with Gasteiger partial charge < -0.3 is 24.7 Å². The fraction of sp³-hybridized carbons (Fsp3) is 0.111. The minimum Gasteiger partial charge on any atom is -0.546 e. The lowest BCUT2D eigenvalue weighted by Gasteiger charge is -2.09. The van der Waals surface area contributed by atoms with Crippen LogP contribution in [0.3, 0.4) is 0 Å². The molecule has 28 heavy (non-hydrogen) atoms. The summed E-state index contributed by atoms with van der Waals surface area (Å²) in [7, 11) is 1.51. The first-order valence-corrected chi connectivity index (χ1v) is 8.17. The maximum absolute atomic E-state index is 11.9. The van der Waals surface area contributed by atoms with Crippen LogP contribution in [0.1, 0.15) is 5.56 Å². The van der Waals surface area contributed by atoms with Gasteiger partial charge >= 0.3 is 11.8 Å². The highest BCUT2D eigenvalue weighted by molar-refractivity contribution is 6.39. The van der Waals surface area contributed by atoms with Gasteiger partial charge in [-0.05, 0) is 42.5 Å². The second kappa shape index (κ2) is 9.93. The van der Waals surface area contributed by atoms with Gasteiger partial charge in [0.2, 0.25) is 0 Å². The van der Waals surface area contributed by atoms with E-state index in [1.54, 1.807) is 24.3 Å². The van der Waals surface area contributed by atoms with Crippen LogP contribution in [0.15, 0.2) is 47.6 Å². The number of carboxylic acid groups (broad SMARTS) is 1. The predicted molar refractivity (Wildman–Crippen MR) is 99.3 cm³/mol. The number of anilines is 1. The van der Waals surface area contributed by atoms with Crippen molar-refractivity contribution in [3.8, 4) is 11.5 Å². The summed E-state index contributed by atoms with van der Waals surface area (Å²) >= 11 is 5.88. The normalized spacial score (nSPS) is 10.4. The number of amides is 2. The van der Waals surface area contributed by atoms with Gasteiger partial charge in [0.25, 0.3) is 0 Å². The third-order valence-electron chi connectivity index (χ3n) is 3.24. The number of halogens is 1. The van der Waals surface area contributed by atoms with E-state index in [1.807, 2.05) is 0 Å². The molecule has 2 N–H and O–H groups in total. The Bertz CT molecular complexity index is 899. The molecule has 0 aliphatic rings. The number of carbonyl (C=O) groups excluding carboxylic acids is 3. The molecule has 0 aliphatic carbocycles. The number of benzene rings is 2. The zero-order chi connectivity index (χ0) is 20.5. The topological polar surface area (TPSA) is 129 Å². The van der Waals surface area contributed by atoms with Gasteiger partial charge in [0.1, 0.15) is 18.1 Å². The fourth-order valence-electron chi connectivity index (χ4n) is 1.96. The van der Waals surface area contributed by atoms with Crippen molar-refractivity contribution in [2.24, 2.45) is 5.10 Å². The minimum absolute atomic E-state index is 0.161. The summed E-state index contributed by atoms with van der Waals surface area (Å²) in [5.41, 5.74) is 2.75. The van der Waals surface area contributed by atoms with Crippen molar-refractivity contribution in [2.75, 3.05) is 19.0 Å². The van der Waals surface area contributed by atoms with Crippen molar-refractivity contribution >= 4 is 41.3 Å². The molecule has 0 saturated carbocycles. The number of nitrogens with one attached hydrogen (secondary N) is 2. The Balaban J connectivity index is 1.97. The monoisotopic (exact) mass is 404 g/mol. The molecule has 0 unspecified atom stereocenters. The van der Waals surface area contributed by atoms with E-state index >= 15 is 0 Å². The van der Waals surface area contributed by atoms with Crippen molar-refractivity contribution in [1.29, 1.82) is 0 Å². The number of nitrogens with zero attached hydrogens (tertiary/aromatic N) is 1. The zero-order valence-corrected chi connectivity index (χ0v) is 15.4. The fourth-order valence-corrected chi connectivity index (χ4v) is 2.14. The lowest BCUT2D eigenvalue weighted by atomic mass is 10.2. The van der Waals surface area contributed by atoms with E-state index in [9.17, 15) is 19.5 Å². The Morgan fingerprint density at radius 1 is 1.14 bits per heavy atom. The van der Waals surface area contributed by atoms with Crippen LogP contribution in [-0.4, -0.2) is 37.7 Å². The molecule has 0 fully saturated rings. The van der Waals surface area contributed by atoms with Crippen molar-refractivity contribution in [3.05, 3.63) is 53.1 Å². The summed E-state index contributed by atoms with van der Waals surface area (Å²) in [4.78, 5) is 34.2. The molecule has 2 aromatic carbocycles. The molecule has 146 valence electrons. The molecule has 0 saturated heterocycles. The van der Waals surface area contributed by atoms with Gasteiger partial charge in [-0.25, -0.2) is 5.43 Å². The van der Waals surface area contributed by atoms with Gasteiger partial charge in [-0.15, -0.1) is 0 Å². The summed E-state index contributed by atoms with van der Waals surface area (Å²) in [5.74, 6) is -2.57. The second-order valence-electron chi connectivity index (χ2n) is 5.22. The molecule has 10 heteroatoms. The molecule has 0 spiro atoms. The lowest BCUT2D eigenvalue weighted by molar-refractivity contribution is -0.307. The Morgan fingerprint density at radius 2 is 1.86 bits per heavy atom. The van der Waals surface area contributed by atoms with E-state index in [2.05, 4.69) is 15.8 Å². The summed E-state index contributed by atoms with van der Waals surface area (Å²) in [6.07, 6.45) is 1.16. The summed E-state index contributed by atoms with van der Waals surface area (Å²) in [5, 5.41) is 16.9. The molecular weight excluding hydrogens is 390 g/mol. The number of methoxy groups -OCH3 is 1. The Hall–Kier alpha value is -3.59. The Morgan fingerprint density at radius 3 is 2.50 bits per heavy atom. The smallest absolute Gasteiger partial charge is 0.329 e. The highest BCUT2D eigenvalue weighted by Gasteiger charge is 2.13. The molecule has 0 aromatic heterocycles. The largest absolute Gasteiger partial charge is 0.546 e. The van der Waals surface area contributed by atoms with Crippen molar-refractivity contribution in [2.45, 2.75) is 0 Å². The third-order valence-corrected chi connectivity index (χ3v) is 3.48. The first kappa shape index (κ1) is 20.7. The number of hydrogen-bond acceptors (Lipinski definition) is 7. The molecule has 2 rings (SSSR count). The van der Waals surface area contributed by atoms with Crippen LogP contribution in [0.25, 0.3) is 0 Å². The Kier molecular flexibility index (Phi) is 7.35. The number of ether oxygens (including phenoxy) is 2. The van der Waals surface area contributed by atoms with Crippen LogP contribution in [0, 0.1) is 0 Å². The first-order valence-electron chi connectivity index (χ1n) is 7.79. The number of carbonyl (C=O) groups is 3. The standard InChI is InChI=1S/C18H16ClN3O6/c1-27-14-5-3-13(4-6-14)21-17(25)18(26)22-20-9-11-8-12(19)2-7-15(11)28-10-16(23)24/h2-9H,10H2,1H3,(H,21,25)(H,22,26)(H,23,24)/p-1/b20-9-. The quantitative estimate of drug-likeness (QED) is 0.394. The summed E-state index contributed by atoms with van der Waals surface area (Å²) < 4.78 is 10.0. The van der Waals surface area contributed by atoms with E-state index in [0.29, 0.717) is 22.0 Å². The Labute approximate surface area is 164 Å². The van der Waals surface area contributed by atoms with Gasteiger partial charge in [-0.2, -0.15) is 5.10 Å². The van der Waals surface area contributed by atoms with E-state index in [-0.39, 0.29) is 5.75 Å². The summed E-state index contributed by atoms with van der Waals surface area (Å²) in [6, 6.07) is 10.8. The summed E-state index contributed by atoms with van der Waals surface area (Å²) in [6.45, 7) is -0.668. The van der Waals surface area contributed by atoms with Crippen LogP contribution in [-0.2, 0) is 14.4 Å². The van der Waals surface area contributed by atoms with Gasteiger partial charge in [0.05, 0.1) is 19.3 Å². The average Bonchev–Trinajstić information content (AvgIpc) is 2.67. The predicted octanol–water partition coefficient (Wildman–Crippen LogP) is 0.566. The lowest BCUT2D eigenvalue weighted by Crippen LogP contribution is -2.32. The van der Waals surface area contributed by atoms with Crippen LogP contribution >= 0.6 is 11.6 Å². The van der Waals surface area contributed by atoms with Gasteiger partial charge in [0, 0.05) is 16.3 Å². The second-order valence-corrected chi connectivity index (χ2v) is 5.66. The van der Waals surface area contributed by atoms with E-state index < -0.39 is 24.4 Å². The van der Waals surface area contributed by atoms with E-state index in [0.717, 1.165) is 6.21 Å². The zero-order valence-electron chi connectivity index (χ0n) is 14.6. The first-order chi connectivity index (χ1) is 13.4. The van der Waals surface area contributed by atoms with Crippen molar-refractivity contribution < 1.29 is 29.0 Å². The molecule has 2 aromatic rings. The SMILES string of the molecule is COc1ccc(NC(=O)C(=O)N/N=C\c2cc(Cl)ccc2OCC(=O)[O-])cc1. The van der Waals surface area contributed by atoms with Crippen molar-refractivity contribution in [3.63, 3.8) is 0 Å². The third kappa shape index (κ3) is 6.29. The van der Waals surface area contributed by atoms with Gasteiger partial charge in [-0.1, -0.05) is 11.6 Å². The number of rotatable bonds is 7. The maximum Gasteiger partial charge on any atom is 0.329 e. The average molecular weight is 405 g/mol. The molecule has 9 nitrogen and oxygen atoms in total. The molecule has 0 bridgehead atoms. The highest BCUT2D eigenvalue weighted by atomic mass is 35.5. The van der Waals surface area contributed by atoms with Crippen LogP contribution < -0.4 is 25.3 Å². The molecule has 0 aliphatic heterocycles. The maximum atomic E-state index is 11.9. The van der Waals surface area contributed by atoms with E-state index in [1.165, 1.54) is 25.3 Å². The van der Waals surface area contributed by atoms with Gasteiger partial charge in [0.15, 0.2) is 0 Å². The molecule has 0 heterocycles. The van der Waals surface area contributed by atoms with Crippen molar-refractivity contribution in [1.82, 2.24) is 5.43 Å². The number of carboxylic acids is 1. The number of aliphatic carboxylic acids is 1. The minimum atomic E-state index is -1.40. The molecular formula is C18H15ClN3O6-. The van der Waals surface area contributed by atoms with Crippen LogP contribution in [0.5, 0.6) is 11.5 Å². The molecule has 0 radical (unpaired) electrons. The van der Waals surface area contributed by atoms with E-state index in [4.69, 9.17) is 21.1 Å². The number of hydrazone groups is 1.